The van der Waals surface area contributed by atoms with Crippen LogP contribution in [0.3, 0.4) is 0 Å². The van der Waals surface area contributed by atoms with E-state index in [1.54, 1.807) is 0 Å². The predicted octanol–water partition coefficient (Wildman–Crippen LogP) is 25.1. The number of unbranched alkanes of at least 4 members (excludes halogenated alkanes) is 46. The standard InChI is InChI=1S/C76H138O6/c1-4-7-10-13-16-19-22-25-27-29-30-31-32-33-34-35-36-37-38-39-40-41-42-43-44-45-47-48-51-54-57-60-63-66-69-75(78)81-72-73(71-80-74(77)68-65-62-59-56-53-50-24-21-18-15-12-9-6-3)82-76(79)70-67-64-61-58-55-52-49-46-28-26-23-20-17-14-11-8-5-2/h8,11,17,20-21,24,26,28,49,52,73H,4-7,9-10,12-16,18-19,22-23,25,27,29-48,50-51,53-72H2,1-3H3/b11-8-,20-17-,24-21-,28-26-,52-49-. The molecule has 0 aliphatic heterocycles. The lowest BCUT2D eigenvalue weighted by Crippen LogP contribution is -2.30. The van der Waals surface area contributed by atoms with Gasteiger partial charge in [0.15, 0.2) is 6.10 Å². The van der Waals surface area contributed by atoms with E-state index < -0.39 is 6.10 Å². The topological polar surface area (TPSA) is 78.9 Å². The highest BCUT2D eigenvalue weighted by Crippen LogP contribution is 2.19. The van der Waals surface area contributed by atoms with Gasteiger partial charge in [0.25, 0.3) is 0 Å². The second-order valence-electron chi connectivity index (χ2n) is 24.5. The molecule has 0 N–H and O–H groups in total. The highest BCUT2D eigenvalue weighted by molar-refractivity contribution is 5.71. The van der Waals surface area contributed by atoms with Crippen molar-refractivity contribution < 1.29 is 28.6 Å². The smallest absolute Gasteiger partial charge is 0.306 e. The van der Waals surface area contributed by atoms with Crippen LogP contribution in [0, 0.1) is 0 Å². The lowest BCUT2D eigenvalue weighted by atomic mass is 10.0. The first-order valence-electron chi connectivity index (χ1n) is 36.3. The summed E-state index contributed by atoms with van der Waals surface area (Å²) in [5.74, 6) is -0.897. The van der Waals surface area contributed by atoms with Gasteiger partial charge in [-0.3, -0.25) is 14.4 Å². The zero-order valence-electron chi connectivity index (χ0n) is 55.0. The molecule has 0 amide bonds. The van der Waals surface area contributed by atoms with Crippen LogP contribution in [-0.4, -0.2) is 37.2 Å². The fraction of sp³-hybridized carbons (Fsp3) is 0.829. The molecular weight excluding hydrogens is 1010 g/mol. The van der Waals surface area contributed by atoms with Crippen LogP contribution in [0.5, 0.6) is 0 Å². The van der Waals surface area contributed by atoms with Gasteiger partial charge in [-0.25, -0.2) is 0 Å². The summed E-state index contributed by atoms with van der Waals surface area (Å²) in [5, 5.41) is 0. The molecule has 0 aromatic carbocycles. The average molecular weight is 1150 g/mol. The Morgan fingerprint density at radius 3 is 0.768 bits per heavy atom. The van der Waals surface area contributed by atoms with Gasteiger partial charge in [0.05, 0.1) is 0 Å². The molecule has 0 heterocycles. The van der Waals surface area contributed by atoms with E-state index in [0.717, 1.165) is 103 Å². The Kier molecular flexibility index (Phi) is 68.1. The predicted molar refractivity (Wildman–Crippen MR) is 358 cm³/mol. The van der Waals surface area contributed by atoms with Crippen LogP contribution in [0.15, 0.2) is 60.8 Å². The number of hydrogen-bond acceptors (Lipinski definition) is 6. The number of rotatable bonds is 67. The summed E-state index contributed by atoms with van der Waals surface area (Å²) >= 11 is 0. The monoisotopic (exact) mass is 1150 g/mol. The maximum atomic E-state index is 12.9. The third-order valence-corrected chi connectivity index (χ3v) is 16.3. The quantitative estimate of drug-likeness (QED) is 0.0261. The van der Waals surface area contributed by atoms with Crippen LogP contribution in [0.4, 0.5) is 0 Å². The molecule has 0 rings (SSSR count). The van der Waals surface area contributed by atoms with Crippen molar-refractivity contribution in [3.05, 3.63) is 60.8 Å². The molecular formula is C76H138O6. The van der Waals surface area contributed by atoms with E-state index in [1.807, 2.05) is 0 Å². The van der Waals surface area contributed by atoms with E-state index in [2.05, 4.69) is 81.5 Å². The van der Waals surface area contributed by atoms with Gasteiger partial charge in [-0.15, -0.1) is 0 Å². The second kappa shape index (κ2) is 70.6. The molecule has 0 aromatic rings. The van der Waals surface area contributed by atoms with E-state index >= 15 is 0 Å². The maximum absolute atomic E-state index is 12.9. The van der Waals surface area contributed by atoms with Crippen molar-refractivity contribution in [3.63, 3.8) is 0 Å². The maximum Gasteiger partial charge on any atom is 0.306 e. The average Bonchev–Trinajstić information content (AvgIpc) is 3.47. The first-order valence-corrected chi connectivity index (χ1v) is 36.3. The van der Waals surface area contributed by atoms with Crippen LogP contribution in [0.25, 0.3) is 0 Å². The van der Waals surface area contributed by atoms with Crippen molar-refractivity contribution in [2.75, 3.05) is 13.2 Å². The molecule has 478 valence electrons. The summed E-state index contributed by atoms with van der Waals surface area (Å²) in [6.45, 7) is 6.54. The molecule has 0 saturated carbocycles. The number of ether oxygens (including phenoxy) is 3. The van der Waals surface area contributed by atoms with E-state index in [1.165, 1.54) is 244 Å². The molecule has 0 saturated heterocycles. The summed E-state index contributed by atoms with van der Waals surface area (Å²) in [7, 11) is 0. The number of hydrogen-bond donors (Lipinski definition) is 0. The highest BCUT2D eigenvalue weighted by Gasteiger charge is 2.19. The Morgan fingerprint density at radius 1 is 0.256 bits per heavy atom. The van der Waals surface area contributed by atoms with Gasteiger partial charge in [0.1, 0.15) is 13.2 Å². The Bertz CT molecular complexity index is 1460. The van der Waals surface area contributed by atoms with Gasteiger partial charge in [0.2, 0.25) is 0 Å². The van der Waals surface area contributed by atoms with Gasteiger partial charge in [-0.1, -0.05) is 345 Å². The fourth-order valence-electron chi connectivity index (χ4n) is 10.8. The van der Waals surface area contributed by atoms with Crippen molar-refractivity contribution in [3.8, 4) is 0 Å². The third kappa shape index (κ3) is 67.9. The molecule has 6 heteroatoms. The summed E-state index contributed by atoms with van der Waals surface area (Å²) in [4.78, 5) is 38.3. The number of carbonyl (C=O) groups excluding carboxylic acids is 3. The largest absolute Gasteiger partial charge is 0.462 e. The van der Waals surface area contributed by atoms with Crippen LogP contribution >= 0.6 is 0 Å². The van der Waals surface area contributed by atoms with Gasteiger partial charge in [-0.2, -0.15) is 0 Å². The Labute approximate surface area is 510 Å². The zero-order chi connectivity index (χ0) is 59.2. The molecule has 0 fully saturated rings. The van der Waals surface area contributed by atoms with Crippen molar-refractivity contribution in [1.82, 2.24) is 0 Å². The fourth-order valence-corrected chi connectivity index (χ4v) is 10.8. The minimum absolute atomic E-state index is 0.0838. The number of carbonyl (C=O) groups is 3. The van der Waals surface area contributed by atoms with E-state index in [4.69, 9.17) is 14.2 Å². The van der Waals surface area contributed by atoms with Crippen molar-refractivity contribution in [1.29, 1.82) is 0 Å². The second-order valence-corrected chi connectivity index (χ2v) is 24.5. The van der Waals surface area contributed by atoms with Crippen LogP contribution in [-0.2, 0) is 28.6 Å². The molecule has 82 heavy (non-hydrogen) atoms. The molecule has 0 aliphatic carbocycles. The molecule has 6 nitrogen and oxygen atoms in total. The minimum atomic E-state index is -0.790. The summed E-state index contributed by atoms with van der Waals surface area (Å²) in [6, 6.07) is 0. The first-order chi connectivity index (χ1) is 40.5. The third-order valence-electron chi connectivity index (χ3n) is 16.3. The van der Waals surface area contributed by atoms with Gasteiger partial charge >= 0.3 is 17.9 Å². The molecule has 0 aliphatic rings. The summed E-state index contributed by atoms with van der Waals surface area (Å²) in [6.07, 6.45) is 91.4. The summed E-state index contributed by atoms with van der Waals surface area (Å²) < 4.78 is 16.9. The molecule has 1 atom stereocenters. The van der Waals surface area contributed by atoms with Gasteiger partial charge in [-0.05, 0) is 83.5 Å². The normalized spacial score (nSPS) is 12.4. The zero-order valence-corrected chi connectivity index (χ0v) is 55.0. The van der Waals surface area contributed by atoms with Crippen LogP contribution < -0.4 is 0 Å². The molecule has 0 spiro atoms. The Morgan fingerprint density at radius 2 is 0.476 bits per heavy atom. The first kappa shape index (κ1) is 79.1. The number of esters is 3. The van der Waals surface area contributed by atoms with E-state index in [9.17, 15) is 14.4 Å². The molecule has 0 bridgehead atoms. The SMILES string of the molecule is CC/C=C\C/C=C\C/C=C\C/C=C\CCCCCCC(=O)OC(COC(=O)CCCCCCC/C=C\CCCCCC)COC(=O)CCCCCCCCCCCCCCCCCCCCCCCCCCCCCCCCCCCC. The Hall–Kier alpha value is -2.89. The molecule has 0 aromatic heterocycles. The van der Waals surface area contributed by atoms with Crippen molar-refractivity contribution in [2.45, 2.75) is 393 Å². The van der Waals surface area contributed by atoms with Gasteiger partial charge in [0, 0.05) is 19.3 Å². The lowest BCUT2D eigenvalue weighted by molar-refractivity contribution is -0.167. The molecule has 1 unspecified atom stereocenters. The van der Waals surface area contributed by atoms with Crippen molar-refractivity contribution in [2.24, 2.45) is 0 Å². The highest BCUT2D eigenvalue weighted by atomic mass is 16.6. The Balaban J connectivity index is 4.11. The molecule has 0 radical (unpaired) electrons. The van der Waals surface area contributed by atoms with E-state index in [-0.39, 0.29) is 31.1 Å². The van der Waals surface area contributed by atoms with Crippen molar-refractivity contribution >= 4 is 17.9 Å². The number of allylic oxidation sites excluding steroid dienone is 10. The lowest BCUT2D eigenvalue weighted by Gasteiger charge is -2.18. The minimum Gasteiger partial charge on any atom is -0.462 e. The van der Waals surface area contributed by atoms with Crippen LogP contribution in [0.2, 0.25) is 0 Å². The van der Waals surface area contributed by atoms with Crippen LogP contribution in [0.1, 0.15) is 387 Å². The summed E-state index contributed by atoms with van der Waals surface area (Å²) in [5.41, 5.74) is 0. The van der Waals surface area contributed by atoms with E-state index in [0.29, 0.717) is 19.3 Å². The van der Waals surface area contributed by atoms with Gasteiger partial charge < -0.3 is 14.2 Å².